The van der Waals surface area contributed by atoms with Crippen LogP contribution in [0.2, 0.25) is 0 Å². The van der Waals surface area contributed by atoms with E-state index >= 15 is 0 Å². The van der Waals surface area contributed by atoms with Gasteiger partial charge in [-0.25, -0.2) is 4.98 Å². The van der Waals surface area contributed by atoms with E-state index in [1.54, 1.807) is 11.6 Å². The molecule has 2 atom stereocenters. The lowest BCUT2D eigenvalue weighted by Crippen LogP contribution is -2.47. The van der Waals surface area contributed by atoms with Crippen molar-refractivity contribution in [3.05, 3.63) is 42.4 Å². The first-order valence-corrected chi connectivity index (χ1v) is 12.9. The summed E-state index contributed by atoms with van der Waals surface area (Å²) in [5, 5.41) is 0.0331. The number of likely N-dealkylation sites (tertiary alicyclic amines) is 1. The lowest BCUT2D eigenvalue weighted by molar-refractivity contribution is 0.109. The van der Waals surface area contributed by atoms with Crippen molar-refractivity contribution in [1.29, 1.82) is 0 Å². The van der Waals surface area contributed by atoms with Gasteiger partial charge in [0, 0.05) is 25.5 Å². The molecule has 0 radical (unpaired) electrons. The van der Waals surface area contributed by atoms with Gasteiger partial charge in [0.2, 0.25) is 0 Å². The maximum Gasteiger partial charge on any atom is 0.280 e. The lowest BCUT2D eigenvalue weighted by atomic mass is 9.68. The second-order valence-corrected chi connectivity index (χ2v) is 11.5. The van der Waals surface area contributed by atoms with Gasteiger partial charge >= 0.3 is 0 Å². The predicted molar refractivity (Wildman–Crippen MR) is 127 cm³/mol. The molecule has 2 unspecified atom stereocenters. The van der Waals surface area contributed by atoms with Crippen LogP contribution in [0.4, 0.5) is 5.69 Å². The number of imidazole rings is 1. The summed E-state index contributed by atoms with van der Waals surface area (Å²) in [4.78, 5) is 6.57. The number of hydrogen-bond acceptors (Lipinski definition) is 4. The van der Waals surface area contributed by atoms with E-state index in [4.69, 9.17) is 0 Å². The zero-order valence-electron chi connectivity index (χ0n) is 19.6. The largest absolute Gasteiger partial charge is 0.339 e. The van der Waals surface area contributed by atoms with Gasteiger partial charge in [-0.15, -0.1) is 0 Å². The molecule has 1 aliphatic rings. The van der Waals surface area contributed by atoms with Crippen LogP contribution in [0.25, 0.3) is 0 Å². The average molecular weight is 447 g/mol. The third-order valence-electron chi connectivity index (χ3n) is 6.80. The summed E-state index contributed by atoms with van der Waals surface area (Å²) in [6, 6.07) is 7.88. The summed E-state index contributed by atoms with van der Waals surface area (Å²) in [6.07, 6.45) is 7.96. The maximum absolute atomic E-state index is 12.7. The summed E-state index contributed by atoms with van der Waals surface area (Å²) in [5.74, 6) is 1.28. The molecule has 1 aliphatic heterocycles. The number of rotatable bonds is 9. The molecule has 1 aromatic carbocycles. The van der Waals surface area contributed by atoms with Crippen LogP contribution >= 0.6 is 0 Å². The zero-order chi connectivity index (χ0) is 22.6. The first-order valence-electron chi connectivity index (χ1n) is 11.4. The zero-order valence-corrected chi connectivity index (χ0v) is 20.5. The number of nitrogens with one attached hydrogen (secondary N) is 1. The molecule has 0 saturated carbocycles. The summed E-state index contributed by atoms with van der Waals surface area (Å²) in [6.45, 7) is 12.6. The van der Waals surface area contributed by atoms with Crippen molar-refractivity contribution in [1.82, 2.24) is 14.5 Å². The first-order chi connectivity index (χ1) is 14.6. The highest BCUT2D eigenvalue weighted by Gasteiger charge is 2.38. The fourth-order valence-electron chi connectivity index (χ4n) is 4.51. The SMILES string of the molecule is CC(C)CCCCN1CCC(C)(c2cccc(NS(=O)(=O)c3cn(C)cn3)c2)C(C)C1. The van der Waals surface area contributed by atoms with Gasteiger partial charge in [-0.05, 0) is 60.9 Å². The molecule has 31 heavy (non-hydrogen) atoms. The van der Waals surface area contributed by atoms with Crippen LogP contribution in [0.15, 0.2) is 41.8 Å². The van der Waals surface area contributed by atoms with Crippen LogP contribution in [0.5, 0.6) is 0 Å². The van der Waals surface area contributed by atoms with Crippen molar-refractivity contribution in [2.45, 2.75) is 63.8 Å². The van der Waals surface area contributed by atoms with Crippen LogP contribution in [0.1, 0.15) is 58.9 Å². The highest BCUT2D eigenvalue weighted by Crippen LogP contribution is 2.40. The summed E-state index contributed by atoms with van der Waals surface area (Å²) >= 11 is 0. The second kappa shape index (κ2) is 9.74. The summed E-state index contributed by atoms with van der Waals surface area (Å²) in [5.41, 5.74) is 1.81. The van der Waals surface area contributed by atoms with Gasteiger partial charge in [0.05, 0.1) is 6.33 Å². The molecule has 0 amide bonds. The number of anilines is 1. The Labute approximate surface area is 188 Å². The smallest absolute Gasteiger partial charge is 0.280 e. The number of sulfonamides is 1. The Morgan fingerprint density at radius 1 is 1.29 bits per heavy atom. The minimum Gasteiger partial charge on any atom is -0.339 e. The van der Waals surface area contributed by atoms with E-state index < -0.39 is 10.0 Å². The highest BCUT2D eigenvalue weighted by atomic mass is 32.2. The minimum atomic E-state index is -3.69. The Morgan fingerprint density at radius 3 is 2.71 bits per heavy atom. The van der Waals surface area contributed by atoms with Crippen molar-refractivity contribution in [2.75, 3.05) is 24.4 Å². The Bertz CT molecular complexity index is 969. The maximum atomic E-state index is 12.7. The Hall–Kier alpha value is -1.86. The Kier molecular flexibility index (Phi) is 7.47. The van der Waals surface area contributed by atoms with Gasteiger partial charge in [-0.3, -0.25) is 4.72 Å². The molecule has 7 heteroatoms. The molecule has 6 nitrogen and oxygen atoms in total. The number of unbranched alkanes of at least 4 members (excludes halogenated alkanes) is 1. The molecule has 1 fully saturated rings. The lowest BCUT2D eigenvalue weighted by Gasteiger charge is -2.45. The van der Waals surface area contributed by atoms with Gasteiger partial charge < -0.3 is 9.47 Å². The molecular weight excluding hydrogens is 408 g/mol. The van der Waals surface area contributed by atoms with Gasteiger partial charge in [-0.1, -0.05) is 52.7 Å². The number of hydrogen-bond donors (Lipinski definition) is 1. The molecule has 1 aromatic heterocycles. The minimum absolute atomic E-state index is 0.0287. The van der Waals surface area contributed by atoms with E-state index in [-0.39, 0.29) is 10.4 Å². The van der Waals surface area contributed by atoms with Gasteiger partial charge in [0.25, 0.3) is 10.0 Å². The number of aryl methyl sites for hydroxylation is 1. The van der Waals surface area contributed by atoms with Crippen LogP contribution in [0, 0.1) is 11.8 Å². The highest BCUT2D eigenvalue weighted by molar-refractivity contribution is 7.92. The van der Waals surface area contributed by atoms with Gasteiger partial charge in [0.1, 0.15) is 0 Å². The fraction of sp³-hybridized carbons (Fsp3) is 0.625. The molecule has 2 aromatic rings. The summed E-state index contributed by atoms with van der Waals surface area (Å²) < 4.78 is 29.7. The molecule has 0 spiro atoms. The van der Waals surface area contributed by atoms with Crippen LogP contribution in [0.3, 0.4) is 0 Å². The topological polar surface area (TPSA) is 67.2 Å². The quantitative estimate of drug-likeness (QED) is 0.570. The number of aromatic nitrogens is 2. The standard InChI is InChI=1S/C24H38N4O2S/c1-19(2)9-6-7-13-28-14-12-24(4,20(3)16-28)21-10-8-11-22(15-21)26-31(29,30)23-17-27(5)18-25-23/h8,10-11,15,17-20,26H,6-7,9,12-14,16H2,1-5H3. The number of nitrogens with zero attached hydrogens (tertiary/aromatic N) is 3. The molecule has 0 aliphatic carbocycles. The van der Waals surface area contributed by atoms with Crippen molar-refractivity contribution < 1.29 is 8.42 Å². The van der Waals surface area contributed by atoms with E-state index in [0.717, 1.165) is 25.4 Å². The number of benzene rings is 1. The summed E-state index contributed by atoms with van der Waals surface area (Å²) in [7, 11) is -1.94. The molecule has 2 heterocycles. The first kappa shape index (κ1) is 23.8. The van der Waals surface area contributed by atoms with Gasteiger partial charge in [-0.2, -0.15) is 8.42 Å². The fourth-order valence-corrected chi connectivity index (χ4v) is 5.54. The third-order valence-corrected chi connectivity index (χ3v) is 8.07. The van der Waals surface area contributed by atoms with E-state index in [0.29, 0.717) is 11.6 Å². The molecule has 3 rings (SSSR count). The predicted octanol–water partition coefficient (Wildman–Crippen LogP) is 4.65. The van der Waals surface area contributed by atoms with Gasteiger partial charge in [0.15, 0.2) is 5.03 Å². The molecule has 1 saturated heterocycles. The second-order valence-electron chi connectivity index (χ2n) is 9.82. The molecule has 172 valence electrons. The molecule has 1 N–H and O–H groups in total. The Morgan fingerprint density at radius 2 is 2.06 bits per heavy atom. The van der Waals surface area contributed by atoms with Crippen molar-refractivity contribution in [2.24, 2.45) is 18.9 Å². The number of piperidine rings is 1. The van der Waals surface area contributed by atoms with Crippen molar-refractivity contribution in [3.63, 3.8) is 0 Å². The molecular formula is C24H38N4O2S. The van der Waals surface area contributed by atoms with Crippen molar-refractivity contribution >= 4 is 15.7 Å². The average Bonchev–Trinajstić information content (AvgIpc) is 3.15. The Balaban J connectivity index is 1.66. The molecule has 0 bridgehead atoms. The van der Waals surface area contributed by atoms with E-state index in [9.17, 15) is 8.42 Å². The van der Waals surface area contributed by atoms with E-state index in [1.165, 1.54) is 43.9 Å². The third kappa shape index (κ3) is 5.89. The van der Waals surface area contributed by atoms with Crippen LogP contribution in [-0.4, -0.2) is 42.5 Å². The monoisotopic (exact) mass is 446 g/mol. The van der Waals surface area contributed by atoms with Crippen LogP contribution < -0.4 is 4.72 Å². The van der Waals surface area contributed by atoms with Crippen LogP contribution in [-0.2, 0) is 22.5 Å². The normalized spacial score (nSPS) is 22.7. The van der Waals surface area contributed by atoms with Crippen molar-refractivity contribution in [3.8, 4) is 0 Å². The van der Waals surface area contributed by atoms with E-state index in [1.807, 2.05) is 18.2 Å². The van der Waals surface area contributed by atoms with E-state index in [2.05, 4.69) is 48.4 Å².